The minimum Gasteiger partial charge on any atom is -0.356 e. The van der Waals surface area contributed by atoms with Crippen molar-refractivity contribution in [3.63, 3.8) is 0 Å². The van der Waals surface area contributed by atoms with Gasteiger partial charge in [-0.05, 0) is 16.9 Å². The monoisotopic (exact) mass is 282 g/mol. The third-order valence-corrected chi connectivity index (χ3v) is 4.22. The molecule has 1 aliphatic heterocycles. The van der Waals surface area contributed by atoms with Crippen LogP contribution in [-0.4, -0.2) is 10.9 Å². The van der Waals surface area contributed by atoms with Gasteiger partial charge < -0.3 is 5.32 Å². The van der Waals surface area contributed by atoms with Gasteiger partial charge in [-0.15, -0.1) is 0 Å². The Bertz CT molecular complexity index is 580. The van der Waals surface area contributed by atoms with E-state index < -0.39 is 0 Å². The Morgan fingerprint density at radius 2 is 1.55 bits per heavy atom. The molecular weight excluding hydrogens is 264 g/mol. The fourth-order valence-electron chi connectivity index (χ4n) is 2.51. The predicted molar refractivity (Wildman–Crippen MR) is 87.1 cm³/mol. The van der Waals surface area contributed by atoms with Gasteiger partial charge in [0.25, 0.3) is 0 Å². The summed E-state index contributed by atoms with van der Waals surface area (Å²) in [6, 6.07) is 21.5. The fourth-order valence-corrected chi connectivity index (χ4v) is 3.18. The zero-order valence-corrected chi connectivity index (χ0v) is 12.3. The standard InChI is InChI=1S/C17H18N2S/c1-2-20-17-18-15(13-9-5-3-6-10-13)16(19-17)14-11-7-4-8-12-14/h3-12,15-16H,2H2,1H3,(H,18,19)/t15-,16-/m1/s1. The van der Waals surface area contributed by atoms with Gasteiger partial charge >= 0.3 is 0 Å². The van der Waals surface area contributed by atoms with Gasteiger partial charge in [-0.2, -0.15) is 0 Å². The molecule has 0 aromatic heterocycles. The molecule has 0 bridgehead atoms. The molecule has 1 heterocycles. The smallest absolute Gasteiger partial charge is 0.157 e. The van der Waals surface area contributed by atoms with E-state index in [1.807, 2.05) is 0 Å². The third kappa shape index (κ3) is 2.73. The van der Waals surface area contributed by atoms with Crippen molar-refractivity contribution in [3.8, 4) is 0 Å². The molecule has 1 N–H and O–H groups in total. The summed E-state index contributed by atoms with van der Waals surface area (Å²) in [4.78, 5) is 4.87. The number of nitrogens with one attached hydrogen (secondary N) is 1. The van der Waals surface area contributed by atoms with Gasteiger partial charge in [0.1, 0.15) is 6.04 Å². The Morgan fingerprint density at radius 3 is 2.15 bits per heavy atom. The summed E-state index contributed by atoms with van der Waals surface area (Å²) < 4.78 is 0. The lowest BCUT2D eigenvalue weighted by atomic mass is 9.95. The molecule has 20 heavy (non-hydrogen) atoms. The van der Waals surface area contributed by atoms with Gasteiger partial charge in [-0.1, -0.05) is 79.3 Å². The van der Waals surface area contributed by atoms with Crippen LogP contribution in [0.1, 0.15) is 30.1 Å². The van der Waals surface area contributed by atoms with E-state index in [1.165, 1.54) is 11.1 Å². The lowest BCUT2D eigenvalue weighted by Gasteiger charge is -2.19. The van der Waals surface area contributed by atoms with E-state index >= 15 is 0 Å². The van der Waals surface area contributed by atoms with E-state index in [-0.39, 0.29) is 12.1 Å². The summed E-state index contributed by atoms with van der Waals surface area (Å²) in [5.41, 5.74) is 2.55. The Hall–Kier alpha value is -1.74. The molecule has 2 aromatic carbocycles. The summed E-state index contributed by atoms with van der Waals surface area (Å²) in [5, 5.41) is 4.62. The van der Waals surface area contributed by atoms with Crippen LogP contribution in [0.4, 0.5) is 0 Å². The zero-order chi connectivity index (χ0) is 13.8. The van der Waals surface area contributed by atoms with Crippen molar-refractivity contribution >= 4 is 16.9 Å². The van der Waals surface area contributed by atoms with E-state index in [1.54, 1.807) is 11.8 Å². The second-order valence-electron chi connectivity index (χ2n) is 4.76. The highest BCUT2D eigenvalue weighted by molar-refractivity contribution is 8.13. The molecule has 2 nitrogen and oxygen atoms in total. The number of benzene rings is 2. The number of amidine groups is 1. The summed E-state index contributed by atoms with van der Waals surface area (Å²) in [6.07, 6.45) is 0. The quantitative estimate of drug-likeness (QED) is 0.913. The van der Waals surface area contributed by atoms with E-state index in [0.29, 0.717) is 0 Å². The van der Waals surface area contributed by atoms with Crippen molar-refractivity contribution in [1.29, 1.82) is 0 Å². The maximum absolute atomic E-state index is 4.87. The molecule has 0 aliphatic carbocycles. The highest BCUT2D eigenvalue weighted by Gasteiger charge is 2.30. The van der Waals surface area contributed by atoms with Crippen molar-refractivity contribution in [2.45, 2.75) is 19.0 Å². The number of thioether (sulfide) groups is 1. The van der Waals surface area contributed by atoms with Gasteiger partial charge in [0, 0.05) is 0 Å². The maximum Gasteiger partial charge on any atom is 0.157 e. The summed E-state index contributed by atoms with van der Waals surface area (Å²) in [6.45, 7) is 2.15. The van der Waals surface area contributed by atoms with Gasteiger partial charge in [-0.25, -0.2) is 0 Å². The normalized spacial score (nSPS) is 21.4. The minimum atomic E-state index is 0.160. The number of nitrogens with zero attached hydrogens (tertiary/aromatic N) is 1. The maximum atomic E-state index is 4.87. The first kappa shape index (κ1) is 13.3. The molecule has 3 rings (SSSR count). The van der Waals surface area contributed by atoms with E-state index in [0.717, 1.165) is 10.9 Å². The van der Waals surface area contributed by atoms with Crippen LogP contribution >= 0.6 is 11.8 Å². The zero-order valence-electron chi connectivity index (χ0n) is 11.5. The average Bonchev–Trinajstić information content (AvgIpc) is 2.93. The Balaban J connectivity index is 1.93. The molecule has 2 atom stereocenters. The summed E-state index contributed by atoms with van der Waals surface area (Å²) in [7, 11) is 0. The predicted octanol–water partition coefficient (Wildman–Crippen LogP) is 4.18. The minimum absolute atomic E-state index is 0.160. The molecule has 0 fully saturated rings. The van der Waals surface area contributed by atoms with Crippen molar-refractivity contribution in [2.24, 2.45) is 4.99 Å². The van der Waals surface area contributed by atoms with Crippen molar-refractivity contribution in [1.82, 2.24) is 5.32 Å². The lowest BCUT2D eigenvalue weighted by Crippen LogP contribution is -2.22. The van der Waals surface area contributed by atoms with Crippen molar-refractivity contribution < 1.29 is 0 Å². The highest BCUT2D eigenvalue weighted by Crippen LogP contribution is 2.37. The van der Waals surface area contributed by atoms with Crippen LogP contribution < -0.4 is 5.32 Å². The molecule has 3 heteroatoms. The average molecular weight is 282 g/mol. The van der Waals surface area contributed by atoms with Crippen LogP contribution in [0.5, 0.6) is 0 Å². The first-order valence-corrected chi connectivity index (χ1v) is 7.94. The van der Waals surface area contributed by atoms with Crippen LogP contribution in [0.3, 0.4) is 0 Å². The van der Waals surface area contributed by atoms with E-state index in [2.05, 4.69) is 72.9 Å². The molecule has 2 aromatic rings. The molecule has 0 saturated heterocycles. The van der Waals surface area contributed by atoms with Crippen molar-refractivity contribution in [3.05, 3.63) is 71.8 Å². The van der Waals surface area contributed by atoms with Gasteiger partial charge in [0.2, 0.25) is 0 Å². The van der Waals surface area contributed by atoms with Crippen LogP contribution in [-0.2, 0) is 0 Å². The van der Waals surface area contributed by atoms with Crippen molar-refractivity contribution in [2.75, 3.05) is 5.75 Å². The van der Waals surface area contributed by atoms with Crippen LogP contribution in [0.15, 0.2) is 65.7 Å². The molecule has 102 valence electrons. The van der Waals surface area contributed by atoms with Crippen LogP contribution in [0.25, 0.3) is 0 Å². The second-order valence-corrected chi connectivity index (χ2v) is 6.01. The number of aliphatic imine (C=N–C) groups is 1. The second kappa shape index (κ2) is 6.14. The molecule has 0 saturated carbocycles. The molecule has 0 spiro atoms. The number of hydrogen-bond donors (Lipinski definition) is 1. The third-order valence-electron chi connectivity index (χ3n) is 3.43. The van der Waals surface area contributed by atoms with Crippen LogP contribution in [0, 0.1) is 0 Å². The summed E-state index contributed by atoms with van der Waals surface area (Å²) in [5.74, 6) is 1.04. The highest BCUT2D eigenvalue weighted by atomic mass is 32.2. The first-order chi connectivity index (χ1) is 9.88. The van der Waals surface area contributed by atoms with Gasteiger partial charge in [0.15, 0.2) is 5.17 Å². The van der Waals surface area contributed by atoms with Gasteiger partial charge in [0.05, 0.1) is 6.04 Å². The Morgan fingerprint density at radius 1 is 0.950 bits per heavy atom. The largest absolute Gasteiger partial charge is 0.356 e. The number of rotatable bonds is 3. The fraction of sp³-hybridized carbons (Fsp3) is 0.235. The SMILES string of the molecule is CCSC1=N[C@H](c2ccccc2)[C@@H](c2ccccc2)N1. The van der Waals surface area contributed by atoms with E-state index in [4.69, 9.17) is 4.99 Å². The van der Waals surface area contributed by atoms with Gasteiger partial charge in [-0.3, -0.25) is 4.99 Å². The molecular formula is C17H18N2S. The number of hydrogen-bond acceptors (Lipinski definition) is 3. The Kier molecular flexibility index (Phi) is 4.07. The van der Waals surface area contributed by atoms with Crippen LogP contribution in [0.2, 0.25) is 0 Å². The Labute approximate surface area is 124 Å². The molecule has 0 radical (unpaired) electrons. The van der Waals surface area contributed by atoms with E-state index in [9.17, 15) is 0 Å². The topological polar surface area (TPSA) is 24.4 Å². The molecule has 0 amide bonds. The summed E-state index contributed by atoms with van der Waals surface area (Å²) >= 11 is 1.77. The lowest BCUT2D eigenvalue weighted by molar-refractivity contribution is 0.573. The molecule has 1 aliphatic rings. The first-order valence-electron chi connectivity index (χ1n) is 6.95. The molecule has 0 unspecified atom stereocenters.